The molecular formula is C12H14N2O4. The van der Waals surface area contributed by atoms with Crippen molar-refractivity contribution in [1.29, 1.82) is 0 Å². The fraction of sp³-hybridized carbons (Fsp3) is 0.417. The summed E-state index contributed by atoms with van der Waals surface area (Å²) >= 11 is 0. The molecule has 1 aromatic rings. The molecule has 0 radical (unpaired) electrons. The minimum absolute atomic E-state index is 0.00565. The number of Topliss-reactive ketones (excluding diaryl/α,β-unsaturated/α-hetero) is 1. The standard InChI is InChI=1S/C12H14N2O4/c13-8(12(17)18)6-14-9-2-1-3-10(15)7(9)4-5-11(14)16/h4-5,8H,1-3,6,13H2,(H,17,18). The van der Waals surface area contributed by atoms with Gasteiger partial charge in [-0.25, -0.2) is 0 Å². The number of rotatable bonds is 3. The van der Waals surface area contributed by atoms with Crippen LogP contribution < -0.4 is 11.3 Å². The van der Waals surface area contributed by atoms with Crippen molar-refractivity contribution in [3.63, 3.8) is 0 Å². The lowest BCUT2D eigenvalue weighted by Crippen LogP contribution is -2.40. The third-order valence-electron chi connectivity index (χ3n) is 3.11. The SMILES string of the molecule is NC(Cn1c2c(ccc1=O)C(=O)CCC2)C(=O)O. The Kier molecular flexibility index (Phi) is 3.29. The first kappa shape index (κ1) is 12.5. The van der Waals surface area contributed by atoms with E-state index in [4.69, 9.17) is 10.8 Å². The molecule has 0 fully saturated rings. The molecule has 1 heterocycles. The van der Waals surface area contributed by atoms with Gasteiger partial charge in [0.2, 0.25) is 0 Å². The lowest BCUT2D eigenvalue weighted by molar-refractivity contribution is -0.138. The fourth-order valence-corrected chi connectivity index (χ4v) is 2.17. The highest BCUT2D eigenvalue weighted by atomic mass is 16.4. The third kappa shape index (κ3) is 2.19. The van der Waals surface area contributed by atoms with E-state index in [2.05, 4.69) is 0 Å². The Bertz CT molecular complexity index is 562. The van der Waals surface area contributed by atoms with E-state index < -0.39 is 12.0 Å². The van der Waals surface area contributed by atoms with Gasteiger partial charge in [0, 0.05) is 23.7 Å². The number of carboxylic acids is 1. The molecule has 0 aliphatic heterocycles. The summed E-state index contributed by atoms with van der Waals surface area (Å²) in [7, 11) is 0. The van der Waals surface area contributed by atoms with Crippen LogP contribution in [0.15, 0.2) is 16.9 Å². The number of carboxylic acid groups (broad SMARTS) is 1. The van der Waals surface area contributed by atoms with Gasteiger partial charge in [-0.15, -0.1) is 0 Å². The number of nitrogens with two attached hydrogens (primary N) is 1. The summed E-state index contributed by atoms with van der Waals surface area (Å²) in [5.74, 6) is -1.17. The first-order valence-corrected chi connectivity index (χ1v) is 5.75. The van der Waals surface area contributed by atoms with Gasteiger partial charge in [-0.2, -0.15) is 0 Å². The maximum absolute atomic E-state index is 11.8. The van der Waals surface area contributed by atoms with Gasteiger partial charge in [0.25, 0.3) is 5.56 Å². The lowest BCUT2D eigenvalue weighted by atomic mass is 9.94. The normalized spacial score (nSPS) is 16.2. The number of hydrogen-bond acceptors (Lipinski definition) is 4. The van der Waals surface area contributed by atoms with Crippen LogP contribution in [0, 0.1) is 0 Å². The maximum Gasteiger partial charge on any atom is 0.322 e. The van der Waals surface area contributed by atoms with Crippen LogP contribution in [0.1, 0.15) is 28.9 Å². The molecule has 96 valence electrons. The van der Waals surface area contributed by atoms with Gasteiger partial charge in [-0.05, 0) is 18.9 Å². The topological polar surface area (TPSA) is 102 Å². The molecule has 0 aromatic carbocycles. The smallest absolute Gasteiger partial charge is 0.322 e. The molecule has 2 rings (SSSR count). The van der Waals surface area contributed by atoms with Crippen LogP contribution in [0.2, 0.25) is 0 Å². The van der Waals surface area contributed by atoms with Crippen molar-refractivity contribution in [2.75, 3.05) is 0 Å². The Labute approximate surface area is 103 Å². The Balaban J connectivity index is 2.46. The number of aliphatic carboxylic acids is 1. The van der Waals surface area contributed by atoms with Gasteiger partial charge in [-0.1, -0.05) is 0 Å². The number of hydrogen-bond donors (Lipinski definition) is 2. The van der Waals surface area contributed by atoms with Crippen LogP contribution >= 0.6 is 0 Å². The number of aromatic nitrogens is 1. The number of carbonyl (C=O) groups excluding carboxylic acids is 1. The molecule has 0 saturated carbocycles. The van der Waals surface area contributed by atoms with Crippen molar-refractivity contribution in [3.8, 4) is 0 Å². The molecule has 1 atom stereocenters. The summed E-state index contributed by atoms with van der Waals surface area (Å²) in [4.78, 5) is 34.2. The minimum Gasteiger partial charge on any atom is -0.480 e. The zero-order valence-electron chi connectivity index (χ0n) is 9.76. The fourth-order valence-electron chi connectivity index (χ4n) is 2.17. The van der Waals surface area contributed by atoms with E-state index in [9.17, 15) is 14.4 Å². The zero-order valence-corrected chi connectivity index (χ0v) is 9.76. The van der Waals surface area contributed by atoms with Crippen molar-refractivity contribution in [3.05, 3.63) is 33.7 Å². The van der Waals surface area contributed by atoms with Gasteiger partial charge in [0.15, 0.2) is 5.78 Å². The Hall–Kier alpha value is -1.95. The maximum atomic E-state index is 11.8. The first-order valence-electron chi connectivity index (χ1n) is 5.75. The van der Waals surface area contributed by atoms with Gasteiger partial charge >= 0.3 is 5.97 Å². The van der Waals surface area contributed by atoms with Gasteiger partial charge in [0.1, 0.15) is 6.04 Å². The van der Waals surface area contributed by atoms with Crippen LogP contribution in [0.5, 0.6) is 0 Å². The number of nitrogens with zero attached hydrogens (tertiary/aromatic N) is 1. The molecule has 1 aromatic heterocycles. The molecule has 3 N–H and O–H groups in total. The molecule has 6 heteroatoms. The summed E-state index contributed by atoms with van der Waals surface area (Å²) in [6.45, 7) is -0.107. The lowest BCUT2D eigenvalue weighted by Gasteiger charge is -2.20. The predicted molar refractivity (Wildman–Crippen MR) is 63.6 cm³/mol. The summed E-state index contributed by atoms with van der Waals surface area (Å²) in [5.41, 5.74) is 6.24. The van der Waals surface area contributed by atoms with Crippen LogP contribution in [-0.2, 0) is 17.8 Å². The number of pyridine rings is 1. The van der Waals surface area contributed by atoms with E-state index in [1.54, 1.807) is 0 Å². The third-order valence-corrected chi connectivity index (χ3v) is 3.11. The van der Waals surface area contributed by atoms with E-state index in [-0.39, 0.29) is 17.9 Å². The van der Waals surface area contributed by atoms with E-state index in [1.807, 2.05) is 0 Å². The van der Waals surface area contributed by atoms with Crippen molar-refractivity contribution in [2.45, 2.75) is 31.8 Å². The molecule has 0 saturated heterocycles. The van der Waals surface area contributed by atoms with Crippen molar-refractivity contribution >= 4 is 11.8 Å². The van der Waals surface area contributed by atoms with Gasteiger partial charge in [-0.3, -0.25) is 14.4 Å². The molecule has 0 bridgehead atoms. The molecular weight excluding hydrogens is 236 g/mol. The highest BCUT2D eigenvalue weighted by Crippen LogP contribution is 2.19. The van der Waals surface area contributed by atoms with Crippen LogP contribution in [-0.4, -0.2) is 27.5 Å². The van der Waals surface area contributed by atoms with Crippen LogP contribution in [0.25, 0.3) is 0 Å². The number of ketones is 1. The molecule has 1 aliphatic rings. The number of fused-ring (bicyclic) bond motifs is 1. The van der Waals surface area contributed by atoms with Crippen LogP contribution in [0.3, 0.4) is 0 Å². The average Bonchev–Trinajstić information content (AvgIpc) is 2.32. The first-order chi connectivity index (χ1) is 8.50. The second kappa shape index (κ2) is 4.73. The molecule has 1 aliphatic carbocycles. The highest BCUT2D eigenvalue weighted by molar-refractivity contribution is 5.98. The molecule has 0 amide bonds. The van der Waals surface area contributed by atoms with Crippen molar-refractivity contribution < 1.29 is 14.7 Å². The second-order valence-corrected chi connectivity index (χ2v) is 4.36. The zero-order chi connectivity index (χ0) is 13.3. The van der Waals surface area contributed by atoms with E-state index >= 15 is 0 Å². The predicted octanol–water partition coefficient (Wildman–Crippen LogP) is -0.221. The highest BCUT2D eigenvalue weighted by Gasteiger charge is 2.22. The summed E-state index contributed by atoms with van der Waals surface area (Å²) < 4.78 is 1.31. The Morgan fingerprint density at radius 1 is 1.39 bits per heavy atom. The van der Waals surface area contributed by atoms with Crippen LogP contribution in [0.4, 0.5) is 0 Å². The Morgan fingerprint density at radius 2 is 2.11 bits per heavy atom. The van der Waals surface area contributed by atoms with Gasteiger partial charge < -0.3 is 15.4 Å². The number of carbonyl (C=O) groups is 2. The molecule has 1 unspecified atom stereocenters. The largest absolute Gasteiger partial charge is 0.480 e. The Morgan fingerprint density at radius 3 is 2.78 bits per heavy atom. The minimum atomic E-state index is -1.17. The van der Waals surface area contributed by atoms with Crippen molar-refractivity contribution in [1.82, 2.24) is 4.57 Å². The van der Waals surface area contributed by atoms with E-state index in [0.29, 0.717) is 30.5 Å². The monoisotopic (exact) mass is 250 g/mol. The molecule has 0 spiro atoms. The summed E-state index contributed by atoms with van der Waals surface area (Å²) in [5, 5.41) is 8.78. The van der Waals surface area contributed by atoms with E-state index in [0.717, 1.165) is 0 Å². The quantitative estimate of drug-likeness (QED) is 0.772. The molecule has 6 nitrogen and oxygen atoms in total. The second-order valence-electron chi connectivity index (χ2n) is 4.36. The van der Waals surface area contributed by atoms with E-state index in [1.165, 1.54) is 16.7 Å². The summed E-state index contributed by atoms with van der Waals surface area (Å²) in [6.07, 6.45) is 1.75. The molecule has 18 heavy (non-hydrogen) atoms. The van der Waals surface area contributed by atoms with Gasteiger partial charge in [0.05, 0.1) is 6.54 Å². The summed E-state index contributed by atoms with van der Waals surface area (Å²) in [6, 6.07) is 1.66. The van der Waals surface area contributed by atoms with Crippen molar-refractivity contribution in [2.24, 2.45) is 5.73 Å². The average molecular weight is 250 g/mol.